The van der Waals surface area contributed by atoms with Crippen LogP contribution in [0.1, 0.15) is 36.1 Å². The Labute approximate surface area is 223 Å². The minimum atomic E-state index is -4.69. The van der Waals surface area contributed by atoms with Crippen LogP contribution in [-0.2, 0) is 15.8 Å². The molecule has 0 spiro atoms. The summed E-state index contributed by atoms with van der Waals surface area (Å²) >= 11 is 0. The molecule has 0 aromatic heterocycles. The van der Waals surface area contributed by atoms with Crippen molar-refractivity contribution in [2.75, 3.05) is 38.6 Å². The van der Waals surface area contributed by atoms with E-state index in [0.717, 1.165) is 28.0 Å². The van der Waals surface area contributed by atoms with Crippen molar-refractivity contribution in [3.63, 3.8) is 0 Å². The van der Waals surface area contributed by atoms with Crippen molar-refractivity contribution in [2.45, 2.75) is 25.6 Å². The van der Waals surface area contributed by atoms with Gasteiger partial charge in [0.15, 0.2) is 0 Å². The third-order valence-corrected chi connectivity index (χ3v) is 6.15. The zero-order valence-electron chi connectivity index (χ0n) is 21.6. The maximum Gasteiger partial charge on any atom is 0.416 e. The fraction of sp³-hybridized carbons (Fsp3) is 0.333. The molecule has 0 saturated carbocycles. The summed E-state index contributed by atoms with van der Waals surface area (Å²) in [4.78, 5) is 42.9. The summed E-state index contributed by atoms with van der Waals surface area (Å²) in [5, 5.41) is 21.6. The van der Waals surface area contributed by atoms with E-state index in [1.807, 2.05) is 25.1 Å². The molecule has 2 N–H and O–H groups in total. The molecule has 0 unspecified atom stereocenters. The number of carbonyl (C=O) groups is 3. The number of nitrogens with zero attached hydrogens (tertiary/aromatic N) is 4. The first-order chi connectivity index (χ1) is 18.3. The molecule has 2 aromatic carbocycles. The summed E-state index contributed by atoms with van der Waals surface area (Å²) in [7, 11) is 3.75. The maximum atomic E-state index is 13.7. The molecule has 1 aliphatic rings. The molecule has 0 fully saturated rings. The Morgan fingerprint density at radius 3 is 2.38 bits per heavy atom. The smallest absolute Gasteiger partial charge is 0.416 e. The van der Waals surface area contributed by atoms with Gasteiger partial charge in [-0.1, -0.05) is 18.2 Å². The van der Waals surface area contributed by atoms with E-state index in [1.165, 1.54) is 37.3 Å². The molecule has 0 radical (unpaired) electrons. The van der Waals surface area contributed by atoms with Crippen LogP contribution in [-0.4, -0.2) is 66.5 Å². The molecule has 39 heavy (non-hydrogen) atoms. The van der Waals surface area contributed by atoms with Crippen molar-refractivity contribution in [3.05, 3.63) is 76.5 Å². The van der Waals surface area contributed by atoms with Gasteiger partial charge in [0.25, 0.3) is 5.91 Å². The Kier molecular flexibility index (Phi) is 8.98. The van der Waals surface area contributed by atoms with Crippen molar-refractivity contribution in [3.8, 4) is 6.07 Å². The van der Waals surface area contributed by atoms with E-state index in [2.05, 4.69) is 5.32 Å². The molecule has 0 aliphatic carbocycles. The van der Waals surface area contributed by atoms with E-state index in [1.54, 1.807) is 0 Å². The molecule has 3 rings (SSSR count). The Bertz CT molecular complexity index is 1320. The molecular formula is C27H28F3N5O4. The van der Waals surface area contributed by atoms with Crippen molar-refractivity contribution in [1.29, 1.82) is 5.26 Å². The second kappa shape index (κ2) is 12.0. The number of allylic oxidation sites excluding steroid dienone is 1. The number of aliphatic carboxylic acids is 1. The largest absolute Gasteiger partial charge is 0.480 e. The molecule has 12 heteroatoms. The Balaban J connectivity index is 2.20. The lowest BCUT2D eigenvalue weighted by atomic mass is 9.91. The van der Waals surface area contributed by atoms with Gasteiger partial charge in [0.2, 0.25) is 0 Å². The van der Waals surface area contributed by atoms with E-state index in [0.29, 0.717) is 24.1 Å². The van der Waals surface area contributed by atoms with Gasteiger partial charge in [-0.2, -0.15) is 18.4 Å². The van der Waals surface area contributed by atoms with Crippen molar-refractivity contribution in [1.82, 2.24) is 15.1 Å². The molecule has 206 valence electrons. The lowest BCUT2D eigenvalue weighted by Gasteiger charge is -2.42. The maximum absolute atomic E-state index is 13.7. The number of nitrogens with one attached hydrogen (secondary N) is 1. The van der Waals surface area contributed by atoms with E-state index in [-0.39, 0.29) is 23.5 Å². The number of alkyl halides is 3. The number of hydrogen-bond acceptors (Lipinski definition) is 5. The number of rotatable bonds is 9. The molecule has 0 saturated heterocycles. The standard InChI is InChI=1S/C27H28F3N5O4/c1-17-23(25(38)32-12-5-13-33(2)3)24(19-10-8-18(15-31)9-11-19)34(16-22(36)37)26(39)35(17)21-7-4-6-20(14-21)27(28,29)30/h4,6-11,14,24H,5,12-13,16H2,1-3H3,(H,32,38)(H,36,37)/t24-/m1/s1. The van der Waals surface area contributed by atoms with Crippen molar-refractivity contribution in [2.24, 2.45) is 0 Å². The Morgan fingerprint density at radius 1 is 1.15 bits per heavy atom. The summed E-state index contributed by atoms with van der Waals surface area (Å²) in [6.07, 6.45) is -4.09. The number of benzene rings is 2. The fourth-order valence-corrected chi connectivity index (χ4v) is 4.35. The summed E-state index contributed by atoms with van der Waals surface area (Å²) in [5.41, 5.74) is -0.437. The van der Waals surface area contributed by atoms with Crippen molar-refractivity contribution < 1.29 is 32.7 Å². The molecule has 0 bridgehead atoms. The molecule has 1 heterocycles. The van der Waals surface area contributed by atoms with Crippen LogP contribution in [0.4, 0.5) is 23.7 Å². The van der Waals surface area contributed by atoms with Gasteiger partial charge in [-0.25, -0.2) is 4.79 Å². The number of carboxylic acid groups (broad SMARTS) is 1. The van der Waals surface area contributed by atoms with Crippen LogP contribution in [0.15, 0.2) is 59.8 Å². The van der Waals surface area contributed by atoms with E-state index < -0.39 is 42.2 Å². The average molecular weight is 544 g/mol. The first-order valence-electron chi connectivity index (χ1n) is 12.0. The predicted molar refractivity (Wildman–Crippen MR) is 136 cm³/mol. The minimum Gasteiger partial charge on any atom is -0.480 e. The van der Waals surface area contributed by atoms with Crippen LogP contribution in [0.3, 0.4) is 0 Å². The van der Waals surface area contributed by atoms with E-state index in [9.17, 15) is 37.9 Å². The van der Waals surface area contributed by atoms with Gasteiger partial charge in [0, 0.05) is 12.2 Å². The highest BCUT2D eigenvalue weighted by atomic mass is 19.4. The summed E-state index contributed by atoms with van der Waals surface area (Å²) in [6, 6.07) is 9.90. The highest BCUT2D eigenvalue weighted by Gasteiger charge is 2.43. The van der Waals surface area contributed by atoms with Gasteiger partial charge < -0.3 is 20.2 Å². The fourth-order valence-electron chi connectivity index (χ4n) is 4.35. The minimum absolute atomic E-state index is 0.00261. The van der Waals surface area contributed by atoms with Crippen LogP contribution in [0.25, 0.3) is 0 Å². The van der Waals surface area contributed by atoms with Gasteiger partial charge >= 0.3 is 18.2 Å². The summed E-state index contributed by atoms with van der Waals surface area (Å²) in [5.74, 6) is -1.98. The quantitative estimate of drug-likeness (QED) is 0.462. The van der Waals surface area contributed by atoms with Gasteiger partial charge in [-0.15, -0.1) is 0 Å². The van der Waals surface area contributed by atoms with Crippen LogP contribution < -0.4 is 10.2 Å². The monoisotopic (exact) mass is 543 g/mol. The number of carbonyl (C=O) groups excluding carboxylic acids is 2. The lowest BCUT2D eigenvalue weighted by molar-refractivity contribution is -0.138. The zero-order chi connectivity index (χ0) is 28.9. The first kappa shape index (κ1) is 29.2. The van der Waals surface area contributed by atoms with Crippen LogP contribution in [0.2, 0.25) is 0 Å². The van der Waals surface area contributed by atoms with Crippen LogP contribution in [0, 0.1) is 11.3 Å². The third-order valence-electron chi connectivity index (χ3n) is 6.15. The Morgan fingerprint density at radius 2 is 1.82 bits per heavy atom. The first-order valence-corrected chi connectivity index (χ1v) is 12.0. The number of hydrogen-bond donors (Lipinski definition) is 2. The second-order valence-corrected chi connectivity index (χ2v) is 9.24. The number of urea groups is 1. The highest BCUT2D eigenvalue weighted by molar-refractivity contribution is 6.05. The number of anilines is 1. The lowest BCUT2D eigenvalue weighted by Crippen LogP contribution is -2.53. The predicted octanol–water partition coefficient (Wildman–Crippen LogP) is 3.99. The third kappa shape index (κ3) is 6.74. The summed E-state index contributed by atoms with van der Waals surface area (Å²) < 4.78 is 40.4. The second-order valence-electron chi connectivity index (χ2n) is 9.24. The number of carboxylic acids is 1. The van der Waals surface area contributed by atoms with Crippen molar-refractivity contribution >= 4 is 23.6 Å². The normalized spacial score (nSPS) is 15.9. The van der Waals surface area contributed by atoms with Gasteiger partial charge in [-0.3, -0.25) is 14.5 Å². The molecule has 1 aliphatic heterocycles. The molecular weight excluding hydrogens is 515 g/mol. The molecule has 1 atom stereocenters. The molecule has 2 aromatic rings. The van der Waals surface area contributed by atoms with Gasteiger partial charge in [-0.05, 0) is 69.9 Å². The van der Waals surface area contributed by atoms with Gasteiger partial charge in [0.05, 0.1) is 34.5 Å². The Hall–Kier alpha value is -4.37. The number of amides is 3. The SMILES string of the molecule is CC1=C(C(=O)NCCCN(C)C)[C@@H](c2ccc(C#N)cc2)N(CC(=O)O)C(=O)N1c1cccc(C(F)(F)F)c1. The topological polar surface area (TPSA) is 117 Å². The molecule has 3 amide bonds. The van der Waals surface area contributed by atoms with E-state index in [4.69, 9.17) is 0 Å². The highest BCUT2D eigenvalue weighted by Crippen LogP contribution is 2.40. The van der Waals surface area contributed by atoms with Crippen LogP contribution in [0.5, 0.6) is 0 Å². The van der Waals surface area contributed by atoms with Crippen LogP contribution >= 0.6 is 0 Å². The molecule has 9 nitrogen and oxygen atoms in total. The van der Waals surface area contributed by atoms with Gasteiger partial charge in [0.1, 0.15) is 6.54 Å². The number of nitriles is 1. The summed E-state index contributed by atoms with van der Waals surface area (Å²) in [6.45, 7) is 1.55. The van der Waals surface area contributed by atoms with E-state index >= 15 is 0 Å². The zero-order valence-corrected chi connectivity index (χ0v) is 21.6. The average Bonchev–Trinajstić information content (AvgIpc) is 2.87. The number of halogens is 3.